The second kappa shape index (κ2) is 3.13. The molecule has 1 nitrogen and oxygen atoms in total. The molecule has 0 aliphatic heterocycles. The van der Waals surface area contributed by atoms with Crippen molar-refractivity contribution in [3.63, 3.8) is 0 Å². The Bertz CT molecular complexity index is 20.0. The van der Waals surface area contributed by atoms with E-state index in [4.69, 9.17) is 5.11 Å². The average Bonchev–Trinajstić information content (AvgIpc) is 1.37. The first-order valence-electron chi connectivity index (χ1n) is 1.01. The van der Waals surface area contributed by atoms with Gasteiger partial charge in [0.05, 0.1) is 6.61 Å². The Labute approximate surface area is 27.5 Å². The van der Waals surface area contributed by atoms with E-state index < -0.39 is 0 Å². The van der Waals surface area contributed by atoms with Crippen LogP contribution in [0.25, 0.3) is 0 Å². The van der Waals surface area contributed by atoms with Crippen LogP contribution in [0.3, 0.4) is 0 Å². The van der Waals surface area contributed by atoms with Gasteiger partial charge in [0, 0.05) is 0 Å². The smallest absolute Gasteiger partial charge is 0.0652 e. The topological polar surface area (TPSA) is 20.2 Å². The second-order valence-corrected chi connectivity index (χ2v) is 0.795. The molecule has 0 saturated heterocycles. The van der Waals surface area contributed by atoms with E-state index in [0.717, 1.165) is 0 Å². The van der Waals surface area contributed by atoms with Gasteiger partial charge in [0.15, 0.2) is 0 Å². The van der Waals surface area contributed by atoms with Crippen molar-refractivity contribution in [3.8, 4) is 0 Å². The van der Waals surface area contributed by atoms with Crippen molar-refractivity contribution in [2.75, 3.05) is 6.61 Å². The molecule has 0 unspecified atom stereocenters. The summed E-state index contributed by atoms with van der Waals surface area (Å²) in [6.45, 7) is 0.108. The minimum absolute atomic E-state index is 0.108. The third-order valence-corrected chi connectivity index (χ3v) is 0.274. The molecule has 0 aromatic carbocycles. The molecule has 0 heterocycles. The Morgan fingerprint density at radius 2 is 2.25 bits per heavy atom. The predicted octanol–water partition coefficient (Wildman–Crippen LogP) is -0.0763. The maximum Gasteiger partial charge on any atom is 0.0652 e. The van der Waals surface area contributed by atoms with Crippen LogP contribution in [0.2, 0.25) is 0 Å². The Kier molecular flexibility index (Phi) is 3.23. The fourth-order valence-electron chi connectivity index (χ4n) is 0. The maximum atomic E-state index is 7.77. The zero-order valence-electron chi connectivity index (χ0n) is 2.23. The monoisotopic (exact) mass is 76.0 g/mol. The van der Waals surface area contributed by atoms with Crippen LogP contribution in [0, 0.1) is 0 Å². The molecule has 0 aliphatic carbocycles. The SMILES string of the molecule is OCC=P. The molecule has 0 spiro atoms. The minimum Gasteiger partial charge on any atom is -0.392 e. The van der Waals surface area contributed by atoms with Gasteiger partial charge in [-0.05, 0) is 5.80 Å². The molecule has 24 valence electrons. The van der Waals surface area contributed by atoms with Crippen LogP contribution in [-0.2, 0) is 0 Å². The van der Waals surface area contributed by atoms with Crippen LogP contribution < -0.4 is 0 Å². The van der Waals surface area contributed by atoms with Crippen LogP contribution in [0.5, 0.6) is 0 Å². The van der Waals surface area contributed by atoms with Crippen LogP contribution in [0.1, 0.15) is 0 Å². The summed E-state index contributed by atoms with van der Waals surface area (Å²) in [5, 5.41) is 7.77. The minimum atomic E-state index is 0.108. The molecule has 0 radical (unpaired) electrons. The number of hydrogen-bond donors (Lipinski definition) is 1. The lowest BCUT2D eigenvalue weighted by Crippen LogP contribution is -1.71. The summed E-state index contributed by atoms with van der Waals surface area (Å²) >= 11 is 0. The molecule has 4 heavy (non-hydrogen) atoms. The predicted molar refractivity (Wildman–Crippen MR) is 21.5 cm³/mol. The first-order chi connectivity index (χ1) is 1.91. The summed E-state index contributed by atoms with van der Waals surface area (Å²) in [7, 11) is 2.91. The highest BCUT2D eigenvalue weighted by atomic mass is 31.0. The number of hydrogen-bond acceptors (Lipinski definition) is 1. The Morgan fingerprint density at radius 3 is 2.25 bits per heavy atom. The van der Waals surface area contributed by atoms with Crippen LogP contribution >= 0.6 is 8.86 Å². The molecule has 0 aliphatic rings. The van der Waals surface area contributed by atoms with Crippen molar-refractivity contribution in [2.24, 2.45) is 0 Å². The second-order valence-electron chi connectivity index (χ2n) is 0.387. The molecule has 0 aromatic heterocycles. The molecule has 0 bridgehead atoms. The molecule has 1 N–H and O–H groups in total. The van der Waals surface area contributed by atoms with Crippen molar-refractivity contribution < 1.29 is 5.11 Å². The summed E-state index contributed by atoms with van der Waals surface area (Å²) in [5.41, 5.74) is 0. The van der Waals surface area contributed by atoms with Gasteiger partial charge in [-0.2, -0.15) is 0 Å². The van der Waals surface area contributed by atoms with Crippen molar-refractivity contribution in [2.45, 2.75) is 0 Å². The van der Waals surface area contributed by atoms with Crippen molar-refractivity contribution >= 4 is 14.7 Å². The standard InChI is InChI=1S/C2H5OP/c3-1-2-4/h2-4H,1H2. The third kappa shape index (κ3) is 2.13. The van der Waals surface area contributed by atoms with Crippen LogP contribution in [-0.4, -0.2) is 17.5 Å². The molecule has 0 amide bonds. The summed E-state index contributed by atoms with van der Waals surface area (Å²) in [4.78, 5) is 0. The molecular weight excluding hydrogens is 71.0 g/mol. The molecule has 0 aromatic rings. The lowest BCUT2D eigenvalue weighted by atomic mass is 10.9. The summed E-state index contributed by atoms with van der Waals surface area (Å²) in [6.07, 6.45) is 0. The van der Waals surface area contributed by atoms with Crippen molar-refractivity contribution in [3.05, 3.63) is 0 Å². The van der Waals surface area contributed by atoms with Gasteiger partial charge in [-0.3, -0.25) is 0 Å². The normalized spacial score (nSPS) is 6.25. The van der Waals surface area contributed by atoms with Crippen molar-refractivity contribution in [1.29, 1.82) is 0 Å². The van der Waals surface area contributed by atoms with Crippen LogP contribution in [0.15, 0.2) is 0 Å². The Morgan fingerprint density at radius 1 is 2.00 bits per heavy atom. The van der Waals surface area contributed by atoms with Crippen molar-refractivity contribution in [1.82, 2.24) is 0 Å². The molecular formula is C2H5OP. The van der Waals surface area contributed by atoms with E-state index in [0.29, 0.717) is 0 Å². The summed E-state index contributed by atoms with van der Waals surface area (Å²) in [6, 6.07) is 0. The van der Waals surface area contributed by atoms with E-state index in [1.54, 1.807) is 0 Å². The molecule has 0 atom stereocenters. The maximum absolute atomic E-state index is 7.77. The highest BCUT2D eigenvalue weighted by molar-refractivity contribution is 7.18. The molecule has 0 rings (SSSR count). The van der Waals surface area contributed by atoms with Gasteiger partial charge < -0.3 is 5.11 Å². The van der Waals surface area contributed by atoms with Gasteiger partial charge in [0.1, 0.15) is 0 Å². The van der Waals surface area contributed by atoms with E-state index in [1.165, 1.54) is 5.80 Å². The van der Waals surface area contributed by atoms with E-state index in [1.807, 2.05) is 0 Å². The van der Waals surface area contributed by atoms with Gasteiger partial charge in [-0.25, -0.2) is 0 Å². The van der Waals surface area contributed by atoms with E-state index >= 15 is 0 Å². The Balaban J connectivity index is 2.30. The van der Waals surface area contributed by atoms with Gasteiger partial charge >= 0.3 is 0 Å². The third-order valence-electron chi connectivity index (χ3n) is 0.0913. The fourth-order valence-corrected chi connectivity index (χ4v) is 0. The lowest BCUT2D eigenvalue weighted by Gasteiger charge is -1.59. The molecule has 0 fully saturated rings. The highest BCUT2D eigenvalue weighted by Gasteiger charge is 1.46. The van der Waals surface area contributed by atoms with E-state index in [2.05, 4.69) is 8.86 Å². The quantitative estimate of drug-likeness (QED) is 0.433. The van der Waals surface area contributed by atoms with E-state index in [9.17, 15) is 0 Å². The average molecular weight is 76.0 g/mol. The van der Waals surface area contributed by atoms with Gasteiger partial charge in [0.25, 0.3) is 0 Å². The first kappa shape index (κ1) is 4.13. The Hall–Kier alpha value is 0.130. The number of aliphatic hydroxyl groups is 1. The zero-order chi connectivity index (χ0) is 3.41. The summed E-state index contributed by atoms with van der Waals surface area (Å²) < 4.78 is 0. The highest BCUT2D eigenvalue weighted by Crippen LogP contribution is 1.46. The number of aliphatic hydroxyl groups excluding tert-OH is 1. The molecule has 0 saturated carbocycles. The zero-order valence-corrected chi connectivity index (χ0v) is 3.23. The van der Waals surface area contributed by atoms with Gasteiger partial charge in [-0.15, -0.1) is 8.86 Å². The summed E-state index contributed by atoms with van der Waals surface area (Å²) in [5.74, 6) is 1.49. The largest absolute Gasteiger partial charge is 0.392 e. The van der Waals surface area contributed by atoms with Crippen LogP contribution in [0.4, 0.5) is 0 Å². The molecule has 2 heteroatoms. The lowest BCUT2D eigenvalue weighted by molar-refractivity contribution is 0.363. The van der Waals surface area contributed by atoms with Gasteiger partial charge in [-0.1, -0.05) is 0 Å². The van der Waals surface area contributed by atoms with Gasteiger partial charge in [0.2, 0.25) is 0 Å². The first-order valence-corrected chi connectivity index (χ1v) is 1.59. The number of rotatable bonds is 1. The van der Waals surface area contributed by atoms with E-state index in [-0.39, 0.29) is 6.61 Å². The fraction of sp³-hybridized carbons (Fsp3) is 0.500.